The van der Waals surface area contributed by atoms with E-state index in [1.54, 1.807) is 18.2 Å². The summed E-state index contributed by atoms with van der Waals surface area (Å²) in [6.45, 7) is 2.99. The van der Waals surface area contributed by atoms with Crippen LogP contribution in [0, 0.1) is 17.2 Å². The summed E-state index contributed by atoms with van der Waals surface area (Å²) in [4.78, 5) is 20.7. The van der Waals surface area contributed by atoms with Crippen LogP contribution in [0.25, 0.3) is 0 Å². The fourth-order valence-corrected chi connectivity index (χ4v) is 3.93. The van der Waals surface area contributed by atoms with Gasteiger partial charge in [-0.25, -0.2) is 4.98 Å². The molecule has 2 aromatic rings. The van der Waals surface area contributed by atoms with E-state index in [0.717, 1.165) is 26.1 Å². The summed E-state index contributed by atoms with van der Waals surface area (Å²) in [5.41, 5.74) is 1.17. The minimum absolute atomic E-state index is 0.0271. The lowest BCUT2D eigenvalue weighted by atomic mass is 9.84. The van der Waals surface area contributed by atoms with Crippen molar-refractivity contribution in [3.05, 3.63) is 48.0 Å². The van der Waals surface area contributed by atoms with Crippen molar-refractivity contribution in [2.75, 3.05) is 33.3 Å². The number of hydrogen-bond donors (Lipinski definition) is 0. The van der Waals surface area contributed by atoms with Gasteiger partial charge >= 0.3 is 0 Å². The largest absolute Gasteiger partial charge is 0.477 e. The van der Waals surface area contributed by atoms with Crippen LogP contribution in [-0.4, -0.2) is 59.5 Å². The molecule has 2 aliphatic heterocycles. The molecule has 1 amide bonds. The number of pyridine rings is 1. The van der Waals surface area contributed by atoms with Crippen molar-refractivity contribution in [2.24, 2.45) is 5.92 Å². The summed E-state index contributed by atoms with van der Waals surface area (Å²) in [5, 5.41) is 8.80. The maximum absolute atomic E-state index is 12.4. The van der Waals surface area contributed by atoms with E-state index in [1.165, 1.54) is 18.7 Å². The zero-order chi connectivity index (χ0) is 18.1. The topological polar surface area (TPSA) is 82.6 Å². The molecule has 0 bridgehead atoms. The molecule has 134 valence electrons. The third-order valence-electron chi connectivity index (χ3n) is 5.37. The standard InChI is InChI=1S/C19H20N4O3/c1-22-9-15(10-26-17-3-2-14(7-20)8-21-17)6-19(22)12-23(13-19)18(24)16-4-5-25-11-16/h2-5,8,11,15H,6,9-10,12-13H2,1H3/t15-/m1/s1. The quantitative estimate of drug-likeness (QED) is 0.834. The van der Waals surface area contributed by atoms with Crippen molar-refractivity contribution in [3.8, 4) is 11.9 Å². The predicted octanol–water partition coefficient (Wildman–Crippen LogP) is 1.77. The second kappa shape index (κ2) is 6.46. The van der Waals surface area contributed by atoms with Gasteiger partial charge in [-0.3, -0.25) is 9.69 Å². The van der Waals surface area contributed by atoms with Gasteiger partial charge < -0.3 is 14.1 Å². The molecule has 1 atom stereocenters. The third kappa shape index (κ3) is 2.93. The van der Waals surface area contributed by atoms with Gasteiger partial charge in [0.15, 0.2) is 0 Å². The summed E-state index contributed by atoms with van der Waals surface area (Å²) < 4.78 is 10.8. The SMILES string of the molecule is CN1C[C@H](COc2ccc(C#N)cn2)CC12CN(C(=O)c1ccoc1)C2. The van der Waals surface area contributed by atoms with E-state index >= 15 is 0 Å². The first kappa shape index (κ1) is 16.6. The predicted molar refractivity (Wildman–Crippen MR) is 92.5 cm³/mol. The summed E-state index contributed by atoms with van der Waals surface area (Å²) in [6.07, 6.45) is 5.53. The first-order valence-electron chi connectivity index (χ1n) is 8.61. The Bertz CT molecular complexity index is 819. The number of likely N-dealkylation sites (tertiary alicyclic amines) is 2. The Hall–Kier alpha value is -2.85. The molecule has 0 N–H and O–H groups in total. The van der Waals surface area contributed by atoms with Crippen molar-refractivity contribution in [2.45, 2.75) is 12.0 Å². The molecule has 7 heteroatoms. The van der Waals surface area contributed by atoms with E-state index in [2.05, 4.69) is 16.9 Å². The van der Waals surface area contributed by atoms with Crippen LogP contribution in [0.15, 0.2) is 41.3 Å². The maximum Gasteiger partial charge on any atom is 0.257 e. The fourth-order valence-electron chi connectivity index (χ4n) is 3.93. The third-order valence-corrected chi connectivity index (χ3v) is 5.37. The first-order valence-corrected chi connectivity index (χ1v) is 8.61. The Morgan fingerprint density at radius 3 is 2.96 bits per heavy atom. The van der Waals surface area contributed by atoms with Crippen molar-refractivity contribution < 1.29 is 13.9 Å². The van der Waals surface area contributed by atoms with Crippen molar-refractivity contribution in [3.63, 3.8) is 0 Å². The molecule has 2 saturated heterocycles. The molecular formula is C19H20N4O3. The Balaban J connectivity index is 1.31. The van der Waals surface area contributed by atoms with Crippen LogP contribution in [0.2, 0.25) is 0 Å². The lowest BCUT2D eigenvalue weighted by Gasteiger charge is -2.51. The molecule has 2 aromatic heterocycles. The number of nitrogens with zero attached hydrogens (tertiary/aromatic N) is 4. The molecule has 2 fully saturated rings. The second-order valence-corrected chi connectivity index (χ2v) is 7.16. The highest BCUT2D eigenvalue weighted by molar-refractivity contribution is 5.94. The highest BCUT2D eigenvalue weighted by Crippen LogP contribution is 2.40. The number of amides is 1. The Morgan fingerprint density at radius 2 is 2.31 bits per heavy atom. The molecule has 0 aromatic carbocycles. The molecule has 26 heavy (non-hydrogen) atoms. The number of hydrogen-bond acceptors (Lipinski definition) is 6. The zero-order valence-electron chi connectivity index (χ0n) is 14.6. The van der Waals surface area contributed by atoms with Crippen LogP contribution in [0.5, 0.6) is 5.88 Å². The van der Waals surface area contributed by atoms with Gasteiger partial charge in [0.25, 0.3) is 5.91 Å². The lowest BCUT2D eigenvalue weighted by molar-refractivity contribution is -0.00775. The number of rotatable bonds is 4. The second-order valence-electron chi connectivity index (χ2n) is 7.16. The van der Waals surface area contributed by atoms with Crippen LogP contribution in [-0.2, 0) is 0 Å². The molecule has 2 aliphatic rings. The average Bonchev–Trinajstić information content (AvgIpc) is 3.26. The summed E-state index contributed by atoms with van der Waals surface area (Å²) >= 11 is 0. The molecule has 0 unspecified atom stereocenters. The highest BCUT2D eigenvalue weighted by Gasteiger charge is 2.53. The number of carbonyl (C=O) groups is 1. The number of carbonyl (C=O) groups excluding carboxylic acids is 1. The summed E-state index contributed by atoms with van der Waals surface area (Å²) in [5.74, 6) is 0.959. The summed E-state index contributed by atoms with van der Waals surface area (Å²) in [7, 11) is 2.11. The fraction of sp³-hybridized carbons (Fsp3) is 0.421. The summed E-state index contributed by atoms with van der Waals surface area (Å²) in [6, 6.07) is 7.17. The van der Waals surface area contributed by atoms with E-state index < -0.39 is 0 Å². The maximum atomic E-state index is 12.4. The molecule has 0 radical (unpaired) electrons. The van der Waals surface area contributed by atoms with Gasteiger partial charge in [0.2, 0.25) is 5.88 Å². The van der Waals surface area contributed by atoms with Crippen molar-refractivity contribution in [1.82, 2.24) is 14.8 Å². The Morgan fingerprint density at radius 1 is 1.46 bits per heavy atom. The Labute approximate surface area is 151 Å². The number of ether oxygens (including phenoxy) is 1. The highest BCUT2D eigenvalue weighted by atomic mass is 16.5. The molecular weight excluding hydrogens is 332 g/mol. The van der Waals surface area contributed by atoms with E-state index in [1.807, 2.05) is 11.0 Å². The van der Waals surface area contributed by atoms with Gasteiger partial charge in [-0.1, -0.05) is 0 Å². The number of likely N-dealkylation sites (N-methyl/N-ethyl adjacent to an activating group) is 1. The van der Waals surface area contributed by atoms with E-state index in [-0.39, 0.29) is 11.4 Å². The van der Waals surface area contributed by atoms with Crippen LogP contribution < -0.4 is 4.74 Å². The van der Waals surface area contributed by atoms with Gasteiger partial charge in [0, 0.05) is 37.8 Å². The smallest absolute Gasteiger partial charge is 0.257 e. The van der Waals surface area contributed by atoms with Crippen LogP contribution in [0.3, 0.4) is 0 Å². The number of aromatic nitrogens is 1. The van der Waals surface area contributed by atoms with Gasteiger partial charge in [0.1, 0.15) is 12.3 Å². The molecule has 1 spiro atoms. The molecule has 0 saturated carbocycles. The first-order chi connectivity index (χ1) is 12.6. The van der Waals surface area contributed by atoms with Crippen LogP contribution in [0.1, 0.15) is 22.3 Å². The molecule has 0 aliphatic carbocycles. The van der Waals surface area contributed by atoms with E-state index in [9.17, 15) is 4.79 Å². The zero-order valence-corrected chi connectivity index (χ0v) is 14.6. The minimum atomic E-state index is 0.0271. The molecule has 4 heterocycles. The lowest BCUT2D eigenvalue weighted by Crippen LogP contribution is -2.68. The molecule has 4 rings (SSSR count). The van der Waals surface area contributed by atoms with Gasteiger partial charge in [-0.15, -0.1) is 0 Å². The van der Waals surface area contributed by atoms with E-state index in [4.69, 9.17) is 14.4 Å². The van der Waals surface area contributed by atoms with Crippen LogP contribution >= 0.6 is 0 Å². The minimum Gasteiger partial charge on any atom is -0.477 e. The normalized spacial score (nSPS) is 21.4. The monoisotopic (exact) mass is 352 g/mol. The van der Waals surface area contributed by atoms with Gasteiger partial charge in [-0.2, -0.15) is 5.26 Å². The Kier molecular flexibility index (Phi) is 4.13. The van der Waals surface area contributed by atoms with Crippen molar-refractivity contribution >= 4 is 5.91 Å². The molecule has 7 nitrogen and oxygen atoms in total. The van der Waals surface area contributed by atoms with Crippen molar-refractivity contribution in [1.29, 1.82) is 5.26 Å². The van der Waals surface area contributed by atoms with E-state index in [0.29, 0.717) is 29.5 Å². The number of nitriles is 1. The number of furan rings is 1. The van der Waals surface area contributed by atoms with Gasteiger partial charge in [0.05, 0.1) is 29.5 Å². The average molecular weight is 352 g/mol. The van der Waals surface area contributed by atoms with Crippen LogP contribution in [0.4, 0.5) is 0 Å². The van der Waals surface area contributed by atoms with Gasteiger partial charge in [-0.05, 0) is 25.6 Å².